The van der Waals surface area contributed by atoms with Crippen molar-refractivity contribution in [2.45, 2.75) is 20.3 Å². The first-order valence-corrected chi connectivity index (χ1v) is 8.44. The van der Waals surface area contributed by atoms with Crippen molar-refractivity contribution in [3.8, 4) is 0 Å². The first kappa shape index (κ1) is 15.6. The Morgan fingerprint density at radius 1 is 0.913 bits per heavy atom. The normalized spacial score (nSPS) is 15.4. The summed E-state index contributed by atoms with van der Waals surface area (Å²) in [6, 6.07) is 17.4. The Bertz CT molecular complexity index is 636. The molecular formula is C20H25N3. The summed E-state index contributed by atoms with van der Waals surface area (Å²) >= 11 is 0. The first-order chi connectivity index (χ1) is 11.2. The Balaban J connectivity index is 1.54. The Kier molecular flexibility index (Phi) is 4.96. The average Bonchev–Trinajstić information content (AvgIpc) is 2.61. The van der Waals surface area contributed by atoms with Gasteiger partial charge in [0.15, 0.2) is 0 Å². The maximum atomic E-state index is 4.63. The van der Waals surface area contributed by atoms with E-state index in [1.54, 1.807) is 0 Å². The van der Waals surface area contributed by atoms with Gasteiger partial charge >= 0.3 is 0 Å². The molecule has 120 valence electrons. The molecule has 3 rings (SSSR count). The van der Waals surface area contributed by atoms with E-state index in [4.69, 9.17) is 0 Å². The van der Waals surface area contributed by atoms with Crippen LogP contribution in [-0.2, 0) is 6.42 Å². The zero-order valence-corrected chi connectivity index (χ0v) is 14.1. The van der Waals surface area contributed by atoms with Crippen molar-refractivity contribution in [2.75, 3.05) is 31.1 Å². The van der Waals surface area contributed by atoms with Crippen LogP contribution in [0.3, 0.4) is 0 Å². The smallest absolute Gasteiger partial charge is 0.0542 e. The molecule has 0 amide bonds. The Labute approximate surface area is 139 Å². The van der Waals surface area contributed by atoms with E-state index in [2.05, 4.69) is 77.4 Å². The molecule has 0 saturated carbocycles. The van der Waals surface area contributed by atoms with E-state index in [9.17, 15) is 0 Å². The molecule has 0 atom stereocenters. The molecule has 1 fully saturated rings. The third kappa shape index (κ3) is 4.13. The summed E-state index contributed by atoms with van der Waals surface area (Å²) in [6.45, 7) is 8.29. The van der Waals surface area contributed by atoms with Crippen molar-refractivity contribution in [2.24, 2.45) is 5.10 Å². The lowest BCUT2D eigenvalue weighted by atomic mass is 10.1. The molecule has 0 aliphatic carbocycles. The highest BCUT2D eigenvalue weighted by Gasteiger charge is 2.15. The number of nitrogens with zero attached hydrogens (tertiary/aromatic N) is 3. The van der Waals surface area contributed by atoms with Gasteiger partial charge in [0.25, 0.3) is 0 Å². The molecule has 3 heteroatoms. The summed E-state index contributed by atoms with van der Waals surface area (Å²) in [5, 5.41) is 6.80. The van der Waals surface area contributed by atoms with Gasteiger partial charge in [0.05, 0.1) is 19.3 Å². The molecule has 3 nitrogen and oxygen atoms in total. The van der Waals surface area contributed by atoms with E-state index >= 15 is 0 Å². The Morgan fingerprint density at radius 2 is 1.57 bits per heavy atom. The van der Waals surface area contributed by atoms with Crippen LogP contribution in [0.5, 0.6) is 0 Å². The van der Waals surface area contributed by atoms with E-state index in [-0.39, 0.29) is 0 Å². The molecule has 2 aromatic carbocycles. The summed E-state index contributed by atoms with van der Waals surface area (Å²) < 4.78 is 0. The number of piperazine rings is 1. The summed E-state index contributed by atoms with van der Waals surface area (Å²) in [4.78, 5) is 2.43. The molecule has 1 heterocycles. The second-order valence-electron chi connectivity index (χ2n) is 6.12. The molecule has 0 N–H and O–H groups in total. The number of hydrogen-bond acceptors (Lipinski definition) is 3. The SMILES string of the molecule is CCc1ccc(/C=N/N2CCN(c3ccc(C)cc3)CC2)cc1. The second kappa shape index (κ2) is 7.32. The van der Waals surface area contributed by atoms with Crippen LogP contribution in [0.25, 0.3) is 0 Å². The van der Waals surface area contributed by atoms with Crippen LogP contribution in [0.15, 0.2) is 53.6 Å². The van der Waals surface area contributed by atoms with Crippen molar-refractivity contribution in [3.05, 3.63) is 65.2 Å². The lowest BCUT2D eigenvalue weighted by molar-refractivity contribution is 0.272. The molecule has 23 heavy (non-hydrogen) atoms. The molecule has 0 unspecified atom stereocenters. The summed E-state index contributed by atoms with van der Waals surface area (Å²) in [5.41, 5.74) is 5.16. The zero-order chi connectivity index (χ0) is 16.1. The molecular weight excluding hydrogens is 282 g/mol. The van der Waals surface area contributed by atoms with E-state index in [1.165, 1.54) is 22.4 Å². The Morgan fingerprint density at radius 3 is 2.17 bits per heavy atom. The highest BCUT2D eigenvalue weighted by molar-refractivity contribution is 5.79. The van der Waals surface area contributed by atoms with Crippen LogP contribution in [0.4, 0.5) is 5.69 Å². The van der Waals surface area contributed by atoms with Crippen LogP contribution < -0.4 is 4.90 Å². The third-order valence-electron chi connectivity index (χ3n) is 4.41. The van der Waals surface area contributed by atoms with Gasteiger partial charge in [0.1, 0.15) is 0 Å². The zero-order valence-electron chi connectivity index (χ0n) is 14.1. The van der Waals surface area contributed by atoms with E-state index in [0.717, 1.165) is 32.6 Å². The topological polar surface area (TPSA) is 18.8 Å². The molecule has 2 aromatic rings. The van der Waals surface area contributed by atoms with Gasteiger partial charge in [-0.25, -0.2) is 0 Å². The minimum absolute atomic E-state index is 0.970. The number of anilines is 1. The molecule has 1 aliphatic heterocycles. The minimum Gasteiger partial charge on any atom is -0.368 e. The summed E-state index contributed by atoms with van der Waals surface area (Å²) in [6.07, 6.45) is 3.05. The summed E-state index contributed by atoms with van der Waals surface area (Å²) in [7, 11) is 0. The fourth-order valence-electron chi connectivity index (χ4n) is 2.81. The number of hydrogen-bond donors (Lipinski definition) is 0. The van der Waals surface area contributed by atoms with Crippen LogP contribution in [0.1, 0.15) is 23.6 Å². The molecule has 0 spiro atoms. The minimum atomic E-state index is 0.970. The van der Waals surface area contributed by atoms with Gasteiger partial charge < -0.3 is 4.90 Å². The van der Waals surface area contributed by atoms with Crippen molar-refractivity contribution >= 4 is 11.9 Å². The second-order valence-corrected chi connectivity index (χ2v) is 6.12. The van der Waals surface area contributed by atoms with Gasteiger partial charge in [0, 0.05) is 18.8 Å². The average molecular weight is 307 g/mol. The monoisotopic (exact) mass is 307 g/mol. The number of aryl methyl sites for hydroxylation is 2. The van der Waals surface area contributed by atoms with E-state index in [1.807, 2.05) is 6.21 Å². The molecule has 1 saturated heterocycles. The fraction of sp³-hybridized carbons (Fsp3) is 0.350. The van der Waals surface area contributed by atoms with Crippen molar-refractivity contribution in [1.29, 1.82) is 0 Å². The maximum absolute atomic E-state index is 4.63. The van der Waals surface area contributed by atoms with Gasteiger partial charge in [-0.3, -0.25) is 5.01 Å². The highest BCUT2D eigenvalue weighted by atomic mass is 15.5. The molecule has 0 aromatic heterocycles. The van der Waals surface area contributed by atoms with Crippen molar-refractivity contribution in [3.63, 3.8) is 0 Å². The van der Waals surface area contributed by atoms with E-state index in [0.29, 0.717) is 0 Å². The van der Waals surface area contributed by atoms with Gasteiger partial charge in [-0.1, -0.05) is 48.9 Å². The lowest BCUT2D eigenvalue weighted by Crippen LogP contribution is -2.44. The van der Waals surface area contributed by atoms with Crippen molar-refractivity contribution < 1.29 is 0 Å². The Hall–Kier alpha value is -2.29. The molecule has 1 aliphatic rings. The first-order valence-electron chi connectivity index (χ1n) is 8.44. The number of hydrazone groups is 1. The predicted octanol–water partition coefficient (Wildman–Crippen LogP) is 3.71. The predicted molar refractivity (Wildman–Crippen MR) is 98.4 cm³/mol. The number of benzene rings is 2. The molecule has 0 bridgehead atoms. The van der Waals surface area contributed by atoms with Crippen molar-refractivity contribution in [1.82, 2.24) is 5.01 Å². The van der Waals surface area contributed by atoms with Gasteiger partial charge in [-0.15, -0.1) is 0 Å². The summed E-state index contributed by atoms with van der Waals surface area (Å²) in [5.74, 6) is 0. The quantitative estimate of drug-likeness (QED) is 0.802. The fourth-order valence-corrected chi connectivity index (χ4v) is 2.81. The van der Waals surface area contributed by atoms with Crippen LogP contribution in [0, 0.1) is 6.92 Å². The maximum Gasteiger partial charge on any atom is 0.0542 e. The standard InChI is InChI=1S/C20H25N3/c1-3-18-6-8-19(9-7-18)16-21-23-14-12-22(13-15-23)20-10-4-17(2)5-11-20/h4-11,16H,3,12-15H2,1-2H3/b21-16+. The number of rotatable bonds is 4. The van der Waals surface area contributed by atoms with Crippen LogP contribution >= 0.6 is 0 Å². The molecule has 0 radical (unpaired) electrons. The third-order valence-corrected chi connectivity index (χ3v) is 4.41. The van der Waals surface area contributed by atoms with Crippen LogP contribution in [-0.4, -0.2) is 37.4 Å². The van der Waals surface area contributed by atoms with Gasteiger partial charge in [-0.05, 0) is 36.6 Å². The van der Waals surface area contributed by atoms with Gasteiger partial charge in [0.2, 0.25) is 0 Å². The van der Waals surface area contributed by atoms with E-state index < -0.39 is 0 Å². The lowest BCUT2D eigenvalue weighted by Gasteiger charge is -2.34. The van der Waals surface area contributed by atoms with Crippen LogP contribution in [0.2, 0.25) is 0 Å². The van der Waals surface area contributed by atoms with Gasteiger partial charge in [-0.2, -0.15) is 5.10 Å². The highest BCUT2D eigenvalue weighted by Crippen LogP contribution is 2.17. The largest absolute Gasteiger partial charge is 0.368 e.